The number of hydrogen-bond donors (Lipinski definition) is 2. The molecule has 9 heavy (non-hydrogen) atoms. The van der Waals surface area contributed by atoms with Crippen LogP contribution in [0.1, 0.15) is 12.8 Å². The van der Waals surface area contributed by atoms with Gasteiger partial charge >= 0.3 is 0 Å². The van der Waals surface area contributed by atoms with Gasteiger partial charge in [-0.2, -0.15) is 0 Å². The highest BCUT2D eigenvalue weighted by Gasteiger charge is 2.12. The van der Waals surface area contributed by atoms with Gasteiger partial charge in [0.1, 0.15) is 0 Å². The molecule has 2 N–H and O–H groups in total. The van der Waals surface area contributed by atoms with Gasteiger partial charge in [-0.1, -0.05) is 12.2 Å². The van der Waals surface area contributed by atoms with Crippen molar-refractivity contribution in [3.05, 3.63) is 12.2 Å². The molecule has 0 aliphatic carbocycles. The fourth-order valence-corrected chi connectivity index (χ4v) is 1.10. The molecule has 0 radical (unpaired) electrons. The highest BCUT2D eigenvalue weighted by atomic mass is 16.3. The van der Waals surface area contributed by atoms with Crippen LogP contribution in [0.5, 0.6) is 0 Å². The smallest absolute Gasteiger partial charge is 0.0587 e. The molecule has 2 heteroatoms. The number of nitrogens with one attached hydrogen (secondary N) is 1. The molecule has 52 valence electrons. The minimum atomic E-state index is 0.235. The lowest BCUT2D eigenvalue weighted by Gasteiger charge is -2.22. The van der Waals surface area contributed by atoms with Gasteiger partial charge in [-0.05, 0) is 19.4 Å². The van der Waals surface area contributed by atoms with Crippen molar-refractivity contribution in [2.75, 3.05) is 13.2 Å². The normalized spacial score (nSPS) is 28.6. The second kappa shape index (κ2) is 2.99. The Hall–Kier alpha value is -0.340. The number of rotatable bonds is 1. The molecule has 1 fully saturated rings. The molecule has 1 heterocycles. The molecule has 1 saturated heterocycles. The topological polar surface area (TPSA) is 32.3 Å². The largest absolute Gasteiger partial charge is 0.395 e. The predicted octanol–water partition coefficient (Wildman–Crippen LogP) is 0.287. The van der Waals surface area contributed by atoms with Crippen LogP contribution < -0.4 is 5.32 Å². The van der Waals surface area contributed by atoms with Gasteiger partial charge in [0.15, 0.2) is 0 Å². The Bertz CT molecular complexity index is 111. The van der Waals surface area contributed by atoms with E-state index in [4.69, 9.17) is 5.11 Å². The van der Waals surface area contributed by atoms with Crippen molar-refractivity contribution in [1.29, 1.82) is 0 Å². The van der Waals surface area contributed by atoms with Crippen LogP contribution in [0.4, 0.5) is 0 Å². The van der Waals surface area contributed by atoms with E-state index in [1.54, 1.807) is 0 Å². The van der Waals surface area contributed by atoms with E-state index in [1.165, 1.54) is 5.57 Å². The average molecular weight is 127 g/mol. The molecule has 0 aromatic carbocycles. The summed E-state index contributed by atoms with van der Waals surface area (Å²) in [5, 5.41) is 11.9. The molecule has 0 unspecified atom stereocenters. The lowest BCUT2D eigenvalue weighted by atomic mass is 10.0. The van der Waals surface area contributed by atoms with Crippen molar-refractivity contribution in [3.8, 4) is 0 Å². The first kappa shape index (κ1) is 6.78. The Morgan fingerprint density at radius 3 is 3.00 bits per heavy atom. The Balaban J connectivity index is 2.32. The summed E-state index contributed by atoms with van der Waals surface area (Å²) >= 11 is 0. The van der Waals surface area contributed by atoms with Crippen LogP contribution in [0.15, 0.2) is 12.2 Å². The van der Waals surface area contributed by atoms with Crippen LogP contribution in [0.2, 0.25) is 0 Å². The molecule has 0 aromatic rings. The van der Waals surface area contributed by atoms with Crippen molar-refractivity contribution in [2.45, 2.75) is 18.9 Å². The number of hydrogen-bond acceptors (Lipinski definition) is 2. The maximum atomic E-state index is 8.71. The van der Waals surface area contributed by atoms with E-state index < -0.39 is 0 Å². The lowest BCUT2D eigenvalue weighted by molar-refractivity contribution is 0.234. The molecule has 0 spiro atoms. The molecule has 1 aliphatic rings. The van der Waals surface area contributed by atoms with Gasteiger partial charge in [-0.25, -0.2) is 0 Å². The van der Waals surface area contributed by atoms with Gasteiger partial charge in [0.2, 0.25) is 0 Å². The van der Waals surface area contributed by atoms with Crippen molar-refractivity contribution in [3.63, 3.8) is 0 Å². The van der Waals surface area contributed by atoms with Crippen molar-refractivity contribution in [2.24, 2.45) is 0 Å². The summed E-state index contributed by atoms with van der Waals surface area (Å²) in [5.74, 6) is 0. The maximum absolute atomic E-state index is 8.71. The summed E-state index contributed by atoms with van der Waals surface area (Å²) in [5.41, 5.74) is 1.26. The molecule has 0 aromatic heterocycles. The molecular weight excluding hydrogens is 114 g/mol. The Morgan fingerprint density at radius 2 is 2.56 bits per heavy atom. The van der Waals surface area contributed by atoms with Crippen LogP contribution in [-0.2, 0) is 0 Å². The zero-order chi connectivity index (χ0) is 6.69. The van der Waals surface area contributed by atoms with Gasteiger partial charge in [-0.3, -0.25) is 0 Å². The minimum absolute atomic E-state index is 0.235. The molecule has 1 aliphatic heterocycles. The molecular formula is C7H13NO. The van der Waals surface area contributed by atoms with E-state index >= 15 is 0 Å². The first-order chi connectivity index (χ1) is 4.33. The Kier molecular flexibility index (Phi) is 2.25. The first-order valence-electron chi connectivity index (χ1n) is 3.34. The molecule has 0 amide bonds. The van der Waals surface area contributed by atoms with Crippen LogP contribution >= 0.6 is 0 Å². The summed E-state index contributed by atoms with van der Waals surface area (Å²) in [6, 6.07) is 0.270. The maximum Gasteiger partial charge on any atom is 0.0587 e. The van der Waals surface area contributed by atoms with E-state index in [1.807, 2.05) is 0 Å². The Morgan fingerprint density at radius 1 is 1.78 bits per heavy atom. The predicted molar refractivity (Wildman–Crippen MR) is 37.3 cm³/mol. The zero-order valence-corrected chi connectivity index (χ0v) is 5.56. The minimum Gasteiger partial charge on any atom is -0.395 e. The van der Waals surface area contributed by atoms with Crippen LogP contribution in [0, 0.1) is 0 Å². The third kappa shape index (κ3) is 1.80. The van der Waals surface area contributed by atoms with Gasteiger partial charge in [0, 0.05) is 6.04 Å². The monoisotopic (exact) mass is 127 g/mol. The number of aliphatic hydroxyl groups excluding tert-OH is 1. The van der Waals surface area contributed by atoms with Crippen LogP contribution in [-0.4, -0.2) is 24.3 Å². The zero-order valence-electron chi connectivity index (χ0n) is 5.56. The Labute approximate surface area is 55.6 Å². The molecule has 1 rings (SSSR count). The quantitative estimate of drug-likeness (QED) is 0.496. The van der Waals surface area contributed by atoms with Crippen LogP contribution in [0.25, 0.3) is 0 Å². The van der Waals surface area contributed by atoms with Gasteiger partial charge < -0.3 is 10.4 Å². The first-order valence-corrected chi connectivity index (χ1v) is 3.34. The molecule has 1 atom stereocenters. The van der Waals surface area contributed by atoms with E-state index in [2.05, 4.69) is 11.9 Å². The number of aliphatic hydroxyl groups is 1. The highest BCUT2D eigenvalue weighted by molar-refractivity contribution is 5.01. The fourth-order valence-electron chi connectivity index (χ4n) is 1.10. The van der Waals surface area contributed by atoms with E-state index in [9.17, 15) is 0 Å². The van der Waals surface area contributed by atoms with Crippen molar-refractivity contribution in [1.82, 2.24) is 5.32 Å². The van der Waals surface area contributed by atoms with Gasteiger partial charge in [0.05, 0.1) is 6.61 Å². The summed E-state index contributed by atoms with van der Waals surface area (Å²) in [7, 11) is 0. The summed E-state index contributed by atoms with van der Waals surface area (Å²) in [4.78, 5) is 0. The molecule has 0 bridgehead atoms. The fraction of sp³-hybridized carbons (Fsp3) is 0.714. The molecule has 0 saturated carbocycles. The second-order valence-corrected chi connectivity index (χ2v) is 2.54. The second-order valence-electron chi connectivity index (χ2n) is 2.54. The lowest BCUT2D eigenvalue weighted by Crippen LogP contribution is -2.37. The SMILES string of the molecule is C=C1CCN[C@@H](CO)C1. The standard InChI is InChI=1S/C7H13NO/c1-6-2-3-8-7(4-6)5-9/h7-9H,1-5H2/t7-/m1/s1. The number of piperidine rings is 1. The molecule has 2 nitrogen and oxygen atoms in total. The third-order valence-electron chi connectivity index (χ3n) is 1.67. The van der Waals surface area contributed by atoms with Crippen molar-refractivity contribution >= 4 is 0 Å². The summed E-state index contributed by atoms with van der Waals surface area (Å²) < 4.78 is 0. The van der Waals surface area contributed by atoms with E-state index in [-0.39, 0.29) is 12.6 Å². The summed E-state index contributed by atoms with van der Waals surface area (Å²) in [6.07, 6.45) is 2.01. The third-order valence-corrected chi connectivity index (χ3v) is 1.67. The van der Waals surface area contributed by atoms with Gasteiger partial charge in [-0.15, -0.1) is 0 Å². The average Bonchev–Trinajstić information content (AvgIpc) is 1.88. The van der Waals surface area contributed by atoms with Gasteiger partial charge in [0.25, 0.3) is 0 Å². The summed E-state index contributed by atoms with van der Waals surface area (Å²) in [6.45, 7) is 5.07. The van der Waals surface area contributed by atoms with E-state index in [0.717, 1.165) is 19.4 Å². The highest BCUT2D eigenvalue weighted by Crippen LogP contribution is 2.11. The van der Waals surface area contributed by atoms with Crippen molar-refractivity contribution < 1.29 is 5.11 Å². The van der Waals surface area contributed by atoms with E-state index in [0.29, 0.717) is 0 Å². The van der Waals surface area contributed by atoms with Crippen LogP contribution in [0.3, 0.4) is 0 Å².